The summed E-state index contributed by atoms with van der Waals surface area (Å²) < 4.78 is 13.0. The molecule has 1 aliphatic rings. The van der Waals surface area contributed by atoms with Crippen molar-refractivity contribution in [1.82, 2.24) is 14.9 Å². The molecule has 0 bridgehead atoms. The van der Waals surface area contributed by atoms with Gasteiger partial charge in [-0.05, 0) is 69.0 Å². The molecule has 1 N–H and O–H groups in total. The lowest BCUT2D eigenvalue weighted by molar-refractivity contribution is -0.121. The normalized spacial score (nSPS) is 17.2. The number of nitrogens with zero attached hydrogens (tertiary/aromatic N) is 3. The number of carbonyl (C=O) groups is 1. The molecule has 2 aromatic rings. The van der Waals surface area contributed by atoms with Crippen molar-refractivity contribution >= 4 is 11.9 Å². The van der Waals surface area contributed by atoms with E-state index < -0.39 is 0 Å². The van der Waals surface area contributed by atoms with E-state index in [9.17, 15) is 9.18 Å². The number of likely N-dealkylation sites (tertiary alicyclic amines) is 1. The van der Waals surface area contributed by atoms with E-state index in [0.29, 0.717) is 11.9 Å². The molecule has 3 rings (SSSR count). The molecule has 0 radical (unpaired) electrons. The van der Waals surface area contributed by atoms with Crippen LogP contribution in [0.25, 0.3) is 0 Å². The molecule has 1 saturated heterocycles. The first kappa shape index (κ1) is 17.5. The van der Waals surface area contributed by atoms with Crippen molar-refractivity contribution < 1.29 is 9.18 Å². The van der Waals surface area contributed by atoms with Gasteiger partial charge in [0.05, 0.1) is 6.04 Å². The summed E-state index contributed by atoms with van der Waals surface area (Å²) >= 11 is 0. The molecular weight excluding hydrogens is 319 g/mol. The molecule has 0 spiro atoms. The fourth-order valence-electron chi connectivity index (χ4n) is 3.24. The van der Waals surface area contributed by atoms with Crippen molar-refractivity contribution in [2.24, 2.45) is 5.92 Å². The van der Waals surface area contributed by atoms with Crippen LogP contribution < -0.4 is 5.32 Å². The fraction of sp³-hybridized carbons (Fsp3) is 0.421. The first-order valence-corrected chi connectivity index (χ1v) is 8.68. The van der Waals surface area contributed by atoms with Crippen LogP contribution in [-0.4, -0.2) is 39.9 Å². The minimum Gasteiger partial charge on any atom is -0.293 e. The third-order valence-electron chi connectivity index (χ3n) is 4.81. The maximum absolute atomic E-state index is 13.0. The van der Waals surface area contributed by atoms with Crippen LogP contribution in [0.2, 0.25) is 0 Å². The summed E-state index contributed by atoms with van der Waals surface area (Å²) in [5.74, 6) is 0.643. The van der Waals surface area contributed by atoms with E-state index in [1.807, 2.05) is 19.1 Å². The Morgan fingerprint density at radius 1 is 1.24 bits per heavy atom. The number of benzene rings is 1. The molecule has 1 aliphatic heterocycles. The average Bonchev–Trinajstić information content (AvgIpc) is 2.64. The summed E-state index contributed by atoms with van der Waals surface area (Å²) in [6.45, 7) is 3.69. The van der Waals surface area contributed by atoms with Gasteiger partial charge < -0.3 is 0 Å². The third-order valence-corrected chi connectivity index (χ3v) is 4.81. The van der Waals surface area contributed by atoms with Crippen LogP contribution in [0.5, 0.6) is 0 Å². The lowest BCUT2D eigenvalue weighted by Crippen LogP contribution is -2.46. The first-order chi connectivity index (χ1) is 12.1. The Kier molecular flexibility index (Phi) is 5.71. The van der Waals surface area contributed by atoms with Gasteiger partial charge in [-0.3, -0.25) is 15.0 Å². The second-order valence-electron chi connectivity index (χ2n) is 6.55. The fourth-order valence-corrected chi connectivity index (χ4v) is 3.24. The number of aromatic nitrogens is 2. The van der Waals surface area contributed by atoms with Crippen molar-refractivity contribution in [2.75, 3.05) is 18.4 Å². The topological polar surface area (TPSA) is 58.1 Å². The van der Waals surface area contributed by atoms with Gasteiger partial charge in [0, 0.05) is 12.4 Å². The standard InChI is InChI=1S/C19H23FN4O/c1-14(18(25)23-19-21-9-2-10-22-19)24-11-7-16(8-12-24)13-15-3-5-17(20)6-4-15/h2-6,9-10,14,16H,7-8,11-13H2,1H3,(H,21,22,23,25)/t14-/m0/s1. The molecule has 1 amide bonds. The highest BCUT2D eigenvalue weighted by Gasteiger charge is 2.27. The van der Waals surface area contributed by atoms with Crippen LogP contribution in [0.1, 0.15) is 25.3 Å². The van der Waals surface area contributed by atoms with Gasteiger partial charge in [0.2, 0.25) is 11.9 Å². The van der Waals surface area contributed by atoms with E-state index in [-0.39, 0.29) is 17.8 Å². The molecule has 1 aromatic heterocycles. The summed E-state index contributed by atoms with van der Waals surface area (Å²) in [4.78, 5) is 22.6. The minimum absolute atomic E-state index is 0.0804. The zero-order valence-corrected chi connectivity index (χ0v) is 14.4. The predicted octanol–water partition coefficient (Wildman–Crippen LogP) is 2.90. The largest absolute Gasteiger partial charge is 0.293 e. The van der Waals surface area contributed by atoms with E-state index in [1.165, 1.54) is 17.7 Å². The Balaban J connectivity index is 1.47. The van der Waals surface area contributed by atoms with Gasteiger partial charge in [-0.15, -0.1) is 0 Å². The molecule has 132 valence electrons. The summed E-state index contributed by atoms with van der Waals surface area (Å²) in [6, 6.07) is 8.25. The maximum atomic E-state index is 13.0. The Labute approximate surface area is 147 Å². The lowest BCUT2D eigenvalue weighted by atomic mass is 9.89. The first-order valence-electron chi connectivity index (χ1n) is 8.68. The van der Waals surface area contributed by atoms with Crippen LogP contribution >= 0.6 is 0 Å². The Bertz CT molecular complexity index is 684. The summed E-state index contributed by atoms with van der Waals surface area (Å²) in [5.41, 5.74) is 1.17. The van der Waals surface area contributed by atoms with Crippen molar-refractivity contribution in [1.29, 1.82) is 0 Å². The number of anilines is 1. The number of rotatable bonds is 5. The van der Waals surface area contributed by atoms with E-state index in [4.69, 9.17) is 0 Å². The Morgan fingerprint density at radius 3 is 2.52 bits per heavy atom. The van der Waals surface area contributed by atoms with E-state index >= 15 is 0 Å². The average molecular weight is 342 g/mol. The predicted molar refractivity (Wildman–Crippen MR) is 94.5 cm³/mol. The van der Waals surface area contributed by atoms with Gasteiger partial charge >= 0.3 is 0 Å². The minimum atomic E-state index is -0.212. The zero-order chi connectivity index (χ0) is 17.6. The third kappa shape index (κ3) is 4.82. The maximum Gasteiger partial charge on any atom is 0.243 e. The van der Waals surface area contributed by atoms with E-state index in [2.05, 4.69) is 20.2 Å². The molecule has 1 atom stereocenters. The quantitative estimate of drug-likeness (QED) is 0.908. The van der Waals surface area contributed by atoms with Gasteiger partial charge in [0.25, 0.3) is 0 Å². The number of halogens is 1. The highest BCUT2D eigenvalue weighted by atomic mass is 19.1. The smallest absolute Gasteiger partial charge is 0.243 e. The van der Waals surface area contributed by atoms with Crippen molar-refractivity contribution in [3.05, 3.63) is 54.1 Å². The van der Waals surface area contributed by atoms with Crippen LogP contribution in [0.15, 0.2) is 42.7 Å². The molecule has 0 saturated carbocycles. The molecule has 2 heterocycles. The van der Waals surface area contributed by atoms with Gasteiger partial charge in [-0.25, -0.2) is 14.4 Å². The van der Waals surface area contributed by atoms with Crippen LogP contribution in [0, 0.1) is 11.7 Å². The second kappa shape index (κ2) is 8.16. The molecule has 0 unspecified atom stereocenters. The molecule has 0 aliphatic carbocycles. The van der Waals surface area contributed by atoms with Gasteiger partial charge in [-0.1, -0.05) is 12.1 Å². The summed E-state index contributed by atoms with van der Waals surface area (Å²) in [7, 11) is 0. The van der Waals surface area contributed by atoms with Crippen LogP contribution in [-0.2, 0) is 11.2 Å². The lowest BCUT2D eigenvalue weighted by Gasteiger charge is -2.35. The second-order valence-corrected chi connectivity index (χ2v) is 6.55. The van der Waals surface area contributed by atoms with E-state index in [0.717, 1.165) is 32.4 Å². The zero-order valence-electron chi connectivity index (χ0n) is 14.4. The summed E-state index contributed by atoms with van der Waals surface area (Å²) in [5, 5.41) is 2.76. The molecule has 1 aromatic carbocycles. The molecule has 1 fully saturated rings. The number of piperidine rings is 1. The summed E-state index contributed by atoms with van der Waals surface area (Å²) in [6.07, 6.45) is 6.25. The van der Waals surface area contributed by atoms with Crippen LogP contribution in [0.4, 0.5) is 10.3 Å². The highest BCUT2D eigenvalue weighted by molar-refractivity contribution is 5.93. The Hall–Kier alpha value is -2.34. The number of hydrogen-bond acceptors (Lipinski definition) is 4. The highest BCUT2D eigenvalue weighted by Crippen LogP contribution is 2.23. The van der Waals surface area contributed by atoms with Gasteiger partial charge in [0.15, 0.2) is 0 Å². The molecule has 6 heteroatoms. The van der Waals surface area contributed by atoms with E-state index in [1.54, 1.807) is 18.5 Å². The number of nitrogens with one attached hydrogen (secondary N) is 1. The number of carbonyl (C=O) groups excluding carboxylic acids is 1. The van der Waals surface area contributed by atoms with Gasteiger partial charge in [0.1, 0.15) is 5.82 Å². The molecular formula is C19H23FN4O. The SMILES string of the molecule is C[C@@H](C(=O)Nc1ncccn1)N1CCC(Cc2ccc(F)cc2)CC1. The number of amides is 1. The van der Waals surface area contributed by atoms with Crippen molar-refractivity contribution in [3.8, 4) is 0 Å². The van der Waals surface area contributed by atoms with Crippen molar-refractivity contribution in [3.63, 3.8) is 0 Å². The monoisotopic (exact) mass is 342 g/mol. The number of hydrogen-bond donors (Lipinski definition) is 1. The molecule has 5 nitrogen and oxygen atoms in total. The van der Waals surface area contributed by atoms with Gasteiger partial charge in [-0.2, -0.15) is 0 Å². The van der Waals surface area contributed by atoms with Crippen molar-refractivity contribution in [2.45, 2.75) is 32.2 Å². The Morgan fingerprint density at radius 2 is 1.88 bits per heavy atom. The molecule has 25 heavy (non-hydrogen) atoms. The van der Waals surface area contributed by atoms with Crippen LogP contribution in [0.3, 0.4) is 0 Å².